The Kier molecular flexibility index (Phi) is 4.39. The molecule has 1 aromatic carbocycles. The Hall–Kier alpha value is -1.32. The minimum absolute atomic E-state index is 0.0873. The molecule has 0 bridgehead atoms. The smallest absolute Gasteiger partial charge is 0.0620 e. The van der Waals surface area contributed by atoms with E-state index in [1.807, 2.05) is 42.2 Å². The highest BCUT2D eigenvalue weighted by molar-refractivity contribution is 6.31. The van der Waals surface area contributed by atoms with E-state index in [2.05, 4.69) is 23.5 Å². The van der Waals surface area contributed by atoms with Gasteiger partial charge in [0, 0.05) is 23.3 Å². The Balaban J connectivity index is 2.30. The van der Waals surface area contributed by atoms with Gasteiger partial charge >= 0.3 is 0 Å². The molecule has 96 valence electrons. The van der Waals surface area contributed by atoms with Crippen molar-refractivity contribution in [3.63, 3.8) is 0 Å². The van der Waals surface area contributed by atoms with Gasteiger partial charge in [0.1, 0.15) is 0 Å². The van der Waals surface area contributed by atoms with Crippen LogP contribution in [0.3, 0.4) is 0 Å². The van der Waals surface area contributed by atoms with Crippen molar-refractivity contribution in [1.29, 1.82) is 0 Å². The molecule has 0 aliphatic carbocycles. The van der Waals surface area contributed by atoms with E-state index < -0.39 is 0 Å². The molecule has 1 N–H and O–H groups in total. The summed E-state index contributed by atoms with van der Waals surface area (Å²) in [4.78, 5) is 0. The van der Waals surface area contributed by atoms with Crippen LogP contribution in [0.1, 0.15) is 30.5 Å². The fraction of sp³-hybridized carbons (Fsp3) is 0.357. The van der Waals surface area contributed by atoms with Gasteiger partial charge in [-0.2, -0.15) is 5.10 Å². The quantitative estimate of drug-likeness (QED) is 0.897. The highest BCUT2D eigenvalue weighted by Crippen LogP contribution is 2.27. The molecule has 0 spiro atoms. The van der Waals surface area contributed by atoms with Crippen LogP contribution < -0.4 is 5.32 Å². The molecular formula is C14H18ClN3. The summed E-state index contributed by atoms with van der Waals surface area (Å²) in [7, 11) is 1.94. The molecule has 0 saturated carbocycles. The molecule has 0 aliphatic rings. The van der Waals surface area contributed by atoms with Crippen molar-refractivity contribution < 1.29 is 0 Å². The summed E-state index contributed by atoms with van der Waals surface area (Å²) in [6.07, 6.45) is 5.06. The molecule has 1 unspecified atom stereocenters. The molecule has 18 heavy (non-hydrogen) atoms. The number of rotatable bonds is 5. The van der Waals surface area contributed by atoms with E-state index in [-0.39, 0.29) is 6.04 Å². The number of hydrogen-bond acceptors (Lipinski definition) is 2. The van der Waals surface area contributed by atoms with Gasteiger partial charge in [-0.15, -0.1) is 0 Å². The largest absolute Gasteiger partial charge is 0.309 e. The molecule has 2 rings (SSSR count). The number of nitrogens with one attached hydrogen (secondary N) is 1. The molecule has 0 saturated heterocycles. The van der Waals surface area contributed by atoms with Crippen LogP contribution >= 0.6 is 11.6 Å². The van der Waals surface area contributed by atoms with E-state index in [1.54, 1.807) is 0 Å². The lowest BCUT2D eigenvalue weighted by Gasteiger charge is -2.16. The summed E-state index contributed by atoms with van der Waals surface area (Å²) in [5.41, 5.74) is 2.22. The third-order valence-corrected chi connectivity index (χ3v) is 3.29. The van der Waals surface area contributed by atoms with Crippen LogP contribution in [0.2, 0.25) is 5.02 Å². The van der Waals surface area contributed by atoms with Crippen molar-refractivity contribution in [3.05, 3.63) is 52.8 Å². The Morgan fingerprint density at radius 2 is 2.17 bits per heavy atom. The molecule has 4 heteroatoms. The first kappa shape index (κ1) is 13.1. The molecule has 3 nitrogen and oxygen atoms in total. The Bertz CT molecular complexity index is 507. The van der Waals surface area contributed by atoms with Gasteiger partial charge in [0.05, 0.1) is 12.2 Å². The fourth-order valence-corrected chi connectivity index (χ4v) is 2.34. The number of aromatic nitrogens is 2. The zero-order valence-corrected chi connectivity index (χ0v) is 11.5. The number of benzene rings is 1. The maximum atomic E-state index is 6.25. The number of halogens is 1. The third kappa shape index (κ3) is 2.74. The van der Waals surface area contributed by atoms with E-state index in [1.165, 1.54) is 0 Å². The topological polar surface area (TPSA) is 29.9 Å². The SMILES string of the molecule is CCCn1cc(C(NC)c2ccccc2Cl)cn1. The Morgan fingerprint density at radius 3 is 2.83 bits per heavy atom. The maximum Gasteiger partial charge on any atom is 0.0620 e. The first-order valence-electron chi connectivity index (χ1n) is 6.20. The molecule has 1 aromatic heterocycles. The van der Waals surface area contributed by atoms with Crippen molar-refractivity contribution in [2.45, 2.75) is 25.9 Å². The second-order valence-corrected chi connectivity index (χ2v) is 4.69. The monoisotopic (exact) mass is 263 g/mol. The van der Waals surface area contributed by atoms with Gasteiger partial charge in [0.25, 0.3) is 0 Å². The van der Waals surface area contributed by atoms with Gasteiger partial charge in [0.15, 0.2) is 0 Å². The Labute approximate surface area is 113 Å². The van der Waals surface area contributed by atoms with E-state index in [0.29, 0.717) is 0 Å². The summed E-state index contributed by atoms with van der Waals surface area (Å²) >= 11 is 6.25. The van der Waals surface area contributed by atoms with Gasteiger partial charge in [-0.05, 0) is 25.1 Å². The van der Waals surface area contributed by atoms with Gasteiger partial charge in [-0.25, -0.2) is 0 Å². The minimum Gasteiger partial charge on any atom is -0.309 e. The van der Waals surface area contributed by atoms with Crippen molar-refractivity contribution >= 4 is 11.6 Å². The van der Waals surface area contributed by atoms with Crippen LogP contribution in [0.5, 0.6) is 0 Å². The lowest BCUT2D eigenvalue weighted by molar-refractivity contribution is 0.600. The minimum atomic E-state index is 0.0873. The van der Waals surface area contributed by atoms with Crippen molar-refractivity contribution in [1.82, 2.24) is 15.1 Å². The summed E-state index contributed by atoms with van der Waals surface area (Å²) in [5.74, 6) is 0. The van der Waals surface area contributed by atoms with Crippen LogP contribution in [0.25, 0.3) is 0 Å². The number of hydrogen-bond donors (Lipinski definition) is 1. The summed E-state index contributed by atoms with van der Waals surface area (Å²) in [5, 5.41) is 8.43. The maximum absolute atomic E-state index is 6.25. The predicted molar refractivity (Wildman–Crippen MR) is 74.9 cm³/mol. The second kappa shape index (κ2) is 6.03. The molecule has 1 atom stereocenters. The molecule has 2 aromatic rings. The zero-order chi connectivity index (χ0) is 13.0. The van der Waals surface area contributed by atoms with Gasteiger partial charge in [-0.1, -0.05) is 36.7 Å². The van der Waals surface area contributed by atoms with Crippen LogP contribution in [-0.2, 0) is 6.54 Å². The molecular weight excluding hydrogens is 246 g/mol. The normalized spacial score (nSPS) is 12.6. The zero-order valence-electron chi connectivity index (χ0n) is 10.7. The average molecular weight is 264 g/mol. The lowest BCUT2D eigenvalue weighted by Crippen LogP contribution is -2.17. The summed E-state index contributed by atoms with van der Waals surface area (Å²) < 4.78 is 1.97. The molecule has 0 amide bonds. The summed E-state index contributed by atoms with van der Waals surface area (Å²) in [6.45, 7) is 3.09. The fourth-order valence-electron chi connectivity index (χ4n) is 2.09. The van der Waals surface area contributed by atoms with Crippen LogP contribution in [0, 0.1) is 0 Å². The Morgan fingerprint density at radius 1 is 1.39 bits per heavy atom. The van der Waals surface area contributed by atoms with Crippen LogP contribution in [-0.4, -0.2) is 16.8 Å². The second-order valence-electron chi connectivity index (χ2n) is 4.28. The van der Waals surface area contributed by atoms with E-state index in [9.17, 15) is 0 Å². The standard InChI is InChI=1S/C14H18ClN3/c1-3-8-18-10-11(9-17-18)14(16-2)12-6-4-5-7-13(12)15/h4-7,9-10,14,16H,3,8H2,1-2H3. The van der Waals surface area contributed by atoms with Gasteiger partial charge in [0.2, 0.25) is 0 Å². The first-order valence-corrected chi connectivity index (χ1v) is 6.58. The molecule has 1 heterocycles. The highest BCUT2D eigenvalue weighted by atomic mass is 35.5. The van der Waals surface area contributed by atoms with E-state index in [0.717, 1.165) is 29.1 Å². The van der Waals surface area contributed by atoms with Gasteiger partial charge in [-0.3, -0.25) is 4.68 Å². The van der Waals surface area contributed by atoms with Crippen LogP contribution in [0.4, 0.5) is 0 Å². The average Bonchev–Trinajstić information content (AvgIpc) is 2.82. The molecule has 0 radical (unpaired) electrons. The number of nitrogens with zero attached hydrogens (tertiary/aromatic N) is 2. The van der Waals surface area contributed by atoms with E-state index >= 15 is 0 Å². The third-order valence-electron chi connectivity index (χ3n) is 2.94. The van der Waals surface area contributed by atoms with Gasteiger partial charge < -0.3 is 5.32 Å². The lowest BCUT2D eigenvalue weighted by atomic mass is 10.0. The predicted octanol–water partition coefficient (Wildman–Crippen LogP) is 3.26. The van der Waals surface area contributed by atoms with Crippen molar-refractivity contribution in [2.24, 2.45) is 0 Å². The summed E-state index contributed by atoms with van der Waals surface area (Å²) in [6, 6.07) is 7.99. The van der Waals surface area contributed by atoms with Crippen molar-refractivity contribution in [3.8, 4) is 0 Å². The van der Waals surface area contributed by atoms with Crippen molar-refractivity contribution in [2.75, 3.05) is 7.05 Å². The molecule has 0 aliphatic heterocycles. The first-order chi connectivity index (χ1) is 8.76. The van der Waals surface area contributed by atoms with Crippen LogP contribution in [0.15, 0.2) is 36.7 Å². The highest BCUT2D eigenvalue weighted by Gasteiger charge is 2.16. The van der Waals surface area contributed by atoms with E-state index in [4.69, 9.17) is 11.6 Å². The number of aryl methyl sites for hydroxylation is 1. The molecule has 0 fully saturated rings.